The smallest absolute Gasteiger partial charge is 0.403 e. The van der Waals surface area contributed by atoms with Crippen molar-refractivity contribution in [3.05, 3.63) is 124 Å². The molecule has 4 aromatic carbocycles. The second-order valence-electron chi connectivity index (χ2n) is 9.27. The summed E-state index contributed by atoms with van der Waals surface area (Å²) in [6.45, 7) is 3.61. The minimum Gasteiger partial charge on any atom is -0.403 e. The largest absolute Gasteiger partial charge is 0.573 e. The molecule has 0 radical (unpaired) electrons. The Morgan fingerprint density at radius 2 is 1.31 bits per heavy atom. The highest BCUT2D eigenvalue weighted by Crippen LogP contribution is 2.28. The number of hydrogen-bond donors (Lipinski definition) is 0. The molecule has 0 saturated heterocycles. The van der Waals surface area contributed by atoms with Crippen LogP contribution in [0.3, 0.4) is 0 Å². The zero-order valence-corrected chi connectivity index (χ0v) is 20.9. The Morgan fingerprint density at radius 1 is 0.667 bits per heavy atom. The maximum Gasteiger partial charge on any atom is 0.573 e. The number of fused-ring (bicyclic) bond motifs is 1. The van der Waals surface area contributed by atoms with Gasteiger partial charge in [0.2, 0.25) is 0 Å². The van der Waals surface area contributed by atoms with Gasteiger partial charge in [0.1, 0.15) is 17.5 Å². The molecule has 0 N–H and O–H groups in total. The van der Waals surface area contributed by atoms with E-state index < -0.39 is 35.4 Å². The highest BCUT2D eigenvalue weighted by atomic mass is 19.4. The number of alkyl halides is 3. The summed E-state index contributed by atoms with van der Waals surface area (Å²) in [6.07, 6.45) is -1.27. The van der Waals surface area contributed by atoms with Crippen LogP contribution in [0.25, 0.3) is 10.8 Å². The summed E-state index contributed by atoms with van der Waals surface area (Å²) in [6, 6.07) is 14.2. The van der Waals surface area contributed by atoms with E-state index in [1.165, 1.54) is 18.2 Å². The Kier molecular flexibility index (Phi) is 8.63. The van der Waals surface area contributed by atoms with E-state index in [1.54, 1.807) is 36.4 Å². The molecule has 4 aromatic rings. The first-order valence-corrected chi connectivity index (χ1v) is 12.4. The molecular formula is C31H25F7O. The molecule has 39 heavy (non-hydrogen) atoms. The van der Waals surface area contributed by atoms with Crippen molar-refractivity contribution in [3.8, 4) is 5.75 Å². The van der Waals surface area contributed by atoms with Crippen LogP contribution in [-0.2, 0) is 32.1 Å². The van der Waals surface area contributed by atoms with E-state index in [9.17, 15) is 26.3 Å². The van der Waals surface area contributed by atoms with Crippen LogP contribution in [0.4, 0.5) is 30.7 Å². The molecule has 0 aromatic heterocycles. The number of benzene rings is 4. The zero-order valence-electron chi connectivity index (χ0n) is 20.9. The van der Waals surface area contributed by atoms with Crippen LogP contribution >= 0.6 is 0 Å². The summed E-state index contributed by atoms with van der Waals surface area (Å²) in [7, 11) is 0. The Hall–Kier alpha value is -3.81. The summed E-state index contributed by atoms with van der Waals surface area (Å²) in [4.78, 5) is 0. The molecule has 0 atom stereocenters. The second-order valence-corrected chi connectivity index (χ2v) is 9.27. The number of halogens is 7. The molecule has 0 aliphatic carbocycles. The van der Waals surface area contributed by atoms with E-state index in [4.69, 9.17) is 0 Å². The molecule has 0 amide bonds. The lowest BCUT2D eigenvalue weighted by Crippen LogP contribution is -2.18. The van der Waals surface area contributed by atoms with Crippen molar-refractivity contribution in [3.63, 3.8) is 0 Å². The van der Waals surface area contributed by atoms with Crippen molar-refractivity contribution in [1.29, 1.82) is 0 Å². The quantitative estimate of drug-likeness (QED) is 0.143. The van der Waals surface area contributed by atoms with Gasteiger partial charge in [-0.1, -0.05) is 42.5 Å². The van der Waals surface area contributed by atoms with Crippen molar-refractivity contribution in [2.45, 2.75) is 44.9 Å². The van der Waals surface area contributed by atoms with Gasteiger partial charge in [-0.15, -0.1) is 19.8 Å². The fraction of sp³-hybridized carbons (Fsp3) is 0.226. The fourth-order valence-electron chi connectivity index (χ4n) is 4.50. The molecule has 0 aliphatic rings. The predicted octanol–water partition coefficient (Wildman–Crippen LogP) is 8.98. The molecule has 0 aliphatic heterocycles. The molecule has 4 rings (SSSR count). The summed E-state index contributed by atoms with van der Waals surface area (Å²) >= 11 is 0. The Morgan fingerprint density at radius 3 is 1.97 bits per heavy atom. The van der Waals surface area contributed by atoms with Gasteiger partial charge in [0, 0.05) is 10.9 Å². The minimum absolute atomic E-state index is 0.00779. The van der Waals surface area contributed by atoms with Crippen LogP contribution in [0.5, 0.6) is 5.75 Å². The molecule has 204 valence electrons. The van der Waals surface area contributed by atoms with E-state index in [0.717, 1.165) is 17.7 Å². The van der Waals surface area contributed by atoms with E-state index in [0.29, 0.717) is 46.7 Å². The molecule has 0 fully saturated rings. The van der Waals surface area contributed by atoms with Gasteiger partial charge in [-0.2, -0.15) is 0 Å². The molecule has 0 saturated carbocycles. The summed E-state index contributed by atoms with van der Waals surface area (Å²) < 4.78 is 98.8. The van der Waals surface area contributed by atoms with Gasteiger partial charge in [-0.05, 0) is 90.4 Å². The Bertz CT molecular complexity index is 1470. The zero-order chi connectivity index (χ0) is 28.2. The normalized spacial score (nSPS) is 11.7. The SMILES string of the molecule is C=CCCc1cc(F)c(CCc2ccc3c(F)c(CCc4ccc(OC(F)(F)F)c(F)c4)ccc3c2)c(F)c1. The van der Waals surface area contributed by atoms with Crippen LogP contribution in [0.2, 0.25) is 0 Å². The van der Waals surface area contributed by atoms with Crippen LogP contribution in [-0.4, -0.2) is 6.36 Å². The van der Waals surface area contributed by atoms with Crippen LogP contribution in [0.1, 0.15) is 34.2 Å². The van der Waals surface area contributed by atoms with Gasteiger partial charge >= 0.3 is 6.36 Å². The van der Waals surface area contributed by atoms with Gasteiger partial charge in [0.05, 0.1) is 0 Å². The van der Waals surface area contributed by atoms with Crippen molar-refractivity contribution in [1.82, 2.24) is 0 Å². The first-order valence-electron chi connectivity index (χ1n) is 12.4. The average molecular weight is 547 g/mol. The van der Waals surface area contributed by atoms with Gasteiger partial charge in [-0.25, -0.2) is 17.6 Å². The lowest BCUT2D eigenvalue weighted by atomic mass is 9.96. The predicted molar refractivity (Wildman–Crippen MR) is 137 cm³/mol. The maximum atomic E-state index is 15.2. The van der Waals surface area contributed by atoms with Crippen LogP contribution in [0.15, 0.2) is 73.3 Å². The molecule has 1 nitrogen and oxygen atoms in total. The second kappa shape index (κ2) is 11.9. The van der Waals surface area contributed by atoms with Gasteiger partial charge in [-0.3, -0.25) is 0 Å². The van der Waals surface area contributed by atoms with E-state index in [1.807, 2.05) is 0 Å². The molecule has 0 heterocycles. The Balaban J connectivity index is 1.43. The molecular weight excluding hydrogens is 521 g/mol. The highest BCUT2D eigenvalue weighted by Gasteiger charge is 2.32. The van der Waals surface area contributed by atoms with Gasteiger partial charge in [0.15, 0.2) is 11.6 Å². The standard InChI is InChI=1S/C31H25F7O/c1-2-3-4-21-17-26(32)25(27(33)18-21)13-7-19-6-12-24-23(15-19)11-10-22(30(24)35)9-5-20-8-14-29(28(34)16-20)39-31(36,37)38/h2,6,8,10-12,14-18H,1,3-5,7,9,13H2. The number of rotatable bonds is 10. The molecule has 0 bridgehead atoms. The lowest BCUT2D eigenvalue weighted by molar-refractivity contribution is -0.275. The third-order valence-electron chi connectivity index (χ3n) is 6.51. The third kappa shape index (κ3) is 7.19. The van der Waals surface area contributed by atoms with E-state index >= 15 is 4.39 Å². The number of aryl methyl sites for hydroxylation is 4. The monoisotopic (exact) mass is 546 g/mol. The van der Waals surface area contributed by atoms with Crippen LogP contribution < -0.4 is 4.74 Å². The topological polar surface area (TPSA) is 9.23 Å². The van der Waals surface area contributed by atoms with E-state index in [2.05, 4.69) is 11.3 Å². The number of hydrogen-bond acceptors (Lipinski definition) is 1. The van der Waals surface area contributed by atoms with Gasteiger partial charge in [0.25, 0.3) is 0 Å². The minimum atomic E-state index is -5.00. The fourth-order valence-corrected chi connectivity index (χ4v) is 4.50. The van der Waals surface area contributed by atoms with Crippen molar-refractivity contribution < 1.29 is 35.5 Å². The van der Waals surface area contributed by atoms with Crippen molar-refractivity contribution >= 4 is 10.8 Å². The molecule has 0 spiro atoms. The van der Waals surface area contributed by atoms with Crippen molar-refractivity contribution in [2.24, 2.45) is 0 Å². The Labute approximate surface area is 221 Å². The summed E-state index contributed by atoms with van der Waals surface area (Å²) in [5.41, 5.74) is 2.13. The van der Waals surface area contributed by atoms with Crippen LogP contribution in [0, 0.1) is 23.3 Å². The number of ether oxygens (including phenoxy) is 1. The third-order valence-corrected chi connectivity index (χ3v) is 6.51. The number of allylic oxidation sites excluding steroid dienone is 1. The molecule has 8 heteroatoms. The lowest BCUT2D eigenvalue weighted by Gasteiger charge is -2.12. The first kappa shape index (κ1) is 28.2. The van der Waals surface area contributed by atoms with E-state index in [-0.39, 0.29) is 24.8 Å². The first-order chi connectivity index (χ1) is 18.5. The average Bonchev–Trinajstić information content (AvgIpc) is 2.87. The summed E-state index contributed by atoms with van der Waals surface area (Å²) in [5, 5.41) is 0.981. The summed E-state index contributed by atoms with van der Waals surface area (Å²) in [5.74, 6) is -3.71. The maximum absolute atomic E-state index is 15.2. The highest BCUT2D eigenvalue weighted by molar-refractivity contribution is 5.84. The van der Waals surface area contributed by atoms with Gasteiger partial charge < -0.3 is 4.74 Å². The molecule has 0 unspecified atom stereocenters. The van der Waals surface area contributed by atoms with Crippen molar-refractivity contribution in [2.75, 3.05) is 0 Å².